The SMILES string of the molecule is COc1ccc(NC(=O)Nc2ccc3c(c2)OCO3)cc1Cl. The zero-order valence-electron chi connectivity index (χ0n) is 11.7. The fraction of sp³-hybridized carbons (Fsp3) is 0.133. The number of halogens is 1. The van der Waals surface area contributed by atoms with E-state index in [1.165, 1.54) is 7.11 Å². The summed E-state index contributed by atoms with van der Waals surface area (Å²) < 4.78 is 15.5. The molecule has 0 bridgehead atoms. The molecule has 0 saturated heterocycles. The van der Waals surface area contributed by atoms with Gasteiger partial charge in [-0.2, -0.15) is 0 Å². The summed E-state index contributed by atoms with van der Waals surface area (Å²) in [5, 5.41) is 5.82. The van der Waals surface area contributed by atoms with Gasteiger partial charge in [0.2, 0.25) is 6.79 Å². The van der Waals surface area contributed by atoms with E-state index < -0.39 is 0 Å². The third kappa shape index (κ3) is 3.01. The third-order valence-electron chi connectivity index (χ3n) is 3.04. The van der Waals surface area contributed by atoms with Crippen LogP contribution in [0.2, 0.25) is 5.02 Å². The van der Waals surface area contributed by atoms with Gasteiger partial charge in [0.1, 0.15) is 5.75 Å². The molecule has 114 valence electrons. The van der Waals surface area contributed by atoms with Crippen LogP contribution in [0.1, 0.15) is 0 Å². The highest BCUT2D eigenvalue weighted by molar-refractivity contribution is 6.32. The normalized spacial score (nSPS) is 11.9. The zero-order chi connectivity index (χ0) is 15.5. The highest BCUT2D eigenvalue weighted by atomic mass is 35.5. The first-order valence-electron chi connectivity index (χ1n) is 6.47. The molecule has 2 N–H and O–H groups in total. The van der Waals surface area contributed by atoms with Gasteiger partial charge in [-0.05, 0) is 30.3 Å². The predicted octanol–water partition coefficient (Wildman–Crippen LogP) is 3.72. The van der Waals surface area contributed by atoms with Gasteiger partial charge in [0.05, 0.1) is 12.1 Å². The topological polar surface area (TPSA) is 68.8 Å². The molecule has 0 aromatic heterocycles. The minimum atomic E-state index is -0.389. The van der Waals surface area contributed by atoms with Gasteiger partial charge < -0.3 is 24.8 Å². The van der Waals surface area contributed by atoms with Crippen LogP contribution in [0.15, 0.2) is 36.4 Å². The number of rotatable bonds is 3. The number of hydrogen-bond donors (Lipinski definition) is 2. The first-order chi connectivity index (χ1) is 10.7. The van der Waals surface area contributed by atoms with Gasteiger partial charge in [0.25, 0.3) is 0 Å². The molecule has 2 aromatic rings. The molecule has 1 aliphatic rings. The second-order valence-electron chi connectivity index (χ2n) is 4.50. The number of ether oxygens (including phenoxy) is 3. The molecular weight excluding hydrogens is 308 g/mol. The molecule has 0 fully saturated rings. The molecule has 22 heavy (non-hydrogen) atoms. The molecule has 7 heteroatoms. The second-order valence-corrected chi connectivity index (χ2v) is 4.90. The summed E-state index contributed by atoms with van der Waals surface area (Å²) in [7, 11) is 1.53. The molecular formula is C15H13ClN2O4. The lowest BCUT2D eigenvalue weighted by molar-refractivity contribution is 0.174. The number of carbonyl (C=O) groups is 1. The molecule has 6 nitrogen and oxygen atoms in total. The number of anilines is 2. The summed E-state index contributed by atoms with van der Waals surface area (Å²) in [6.45, 7) is 0.190. The number of methoxy groups -OCH3 is 1. The summed E-state index contributed by atoms with van der Waals surface area (Å²) in [5.74, 6) is 1.81. The van der Waals surface area contributed by atoms with Crippen LogP contribution in [0.4, 0.5) is 16.2 Å². The van der Waals surface area contributed by atoms with E-state index in [0.29, 0.717) is 33.6 Å². The molecule has 0 spiro atoms. The highest BCUT2D eigenvalue weighted by Gasteiger charge is 2.14. The fourth-order valence-corrected chi connectivity index (χ4v) is 2.27. The average molecular weight is 321 g/mol. The number of urea groups is 1. The van der Waals surface area contributed by atoms with Crippen molar-refractivity contribution in [2.24, 2.45) is 0 Å². The molecule has 2 aromatic carbocycles. The lowest BCUT2D eigenvalue weighted by Crippen LogP contribution is -2.19. The Kier molecular flexibility index (Phi) is 3.93. The Balaban J connectivity index is 1.66. The lowest BCUT2D eigenvalue weighted by Gasteiger charge is -2.10. The third-order valence-corrected chi connectivity index (χ3v) is 3.34. The van der Waals surface area contributed by atoms with E-state index in [-0.39, 0.29) is 12.8 Å². The van der Waals surface area contributed by atoms with Crippen molar-refractivity contribution >= 4 is 29.0 Å². The van der Waals surface area contributed by atoms with Crippen molar-refractivity contribution in [1.29, 1.82) is 0 Å². The highest BCUT2D eigenvalue weighted by Crippen LogP contribution is 2.34. The Labute approximate surface area is 131 Å². The van der Waals surface area contributed by atoms with E-state index in [0.717, 1.165) is 0 Å². The van der Waals surface area contributed by atoms with Crippen molar-refractivity contribution in [3.63, 3.8) is 0 Å². The van der Waals surface area contributed by atoms with Crippen molar-refractivity contribution < 1.29 is 19.0 Å². The molecule has 0 atom stereocenters. The molecule has 0 aliphatic carbocycles. The molecule has 2 amide bonds. The molecule has 1 aliphatic heterocycles. The van der Waals surface area contributed by atoms with Gasteiger partial charge in [0.15, 0.2) is 11.5 Å². The van der Waals surface area contributed by atoms with E-state index >= 15 is 0 Å². The Morgan fingerprint density at radius 1 is 1.09 bits per heavy atom. The van der Waals surface area contributed by atoms with Crippen molar-refractivity contribution in [2.75, 3.05) is 24.5 Å². The lowest BCUT2D eigenvalue weighted by atomic mass is 10.3. The van der Waals surface area contributed by atoms with Crippen LogP contribution in [-0.2, 0) is 0 Å². The Bertz CT molecular complexity index is 721. The summed E-state index contributed by atoms with van der Waals surface area (Å²) >= 11 is 6.01. The second kappa shape index (κ2) is 6.03. The van der Waals surface area contributed by atoms with Crippen molar-refractivity contribution in [3.05, 3.63) is 41.4 Å². The van der Waals surface area contributed by atoms with Gasteiger partial charge in [-0.15, -0.1) is 0 Å². The number of fused-ring (bicyclic) bond motifs is 1. The maximum absolute atomic E-state index is 12.0. The largest absolute Gasteiger partial charge is 0.495 e. The van der Waals surface area contributed by atoms with Gasteiger partial charge in [-0.3, -0.25) is 0 Å². The molecule has 3 rings (SSSR count). The summed E-state index contributed by atoms with van der Waals surface area (Å²) in [5.41, 5.74) is 1.16. The Morgan fingerprint density at radius 2 is 1.77 bits per heavy atom. The number of benzene rings is 2. The maximum atomic E-state index is 12.0. The minimum absolute atomic E-state index is 0.190. The molecule has 0 unspecified atom stereocenters. The van der Waals surface area contributed by atoms with Crippen LogP contribution in [0.5, 0.6) is 17.2 Å². The van der Waals surface area contributed by atoms with E-state index in [4.69, 9.17) is 25.8 Å². The summed E-state index contributed by atoms with van der Waals surface area (Å²) in [6, 6.07) is 9.77. The van der Waals surface area contributed by atoms with Crippen molar-refractivity contribution in [2.45, 2.75) is 0 Å². The van der Waals surface area contributed by atoms with E-state index in [2.05, 4.69) is 10.6 Å². The Hall–Kier alpha value is -2.60. The van der Waals surface area contributed by atoms with Crippen molar-refractivity contribution in [1.82, 2.24) is 0 Å². The van der Waals surface area contributed by atoms with Gasteiger partial charge in [-0.1, -0.05) is 11.6 Å². The quantitative estimate of drug-likeness (QED) is 0.904. The summed E-state index contributed by atoms with van der Waals surface area (Å²) in [4.78, 5) is 12.0. The van der Waals surface area contributed by atoms with Crippen LogP contribution in [-0.4, -0.2) is 19.9 Å². The predicted molar refractivity (Wildman–Crippen MR) is 83.2 cm³/mol. The molecule has 0 radical (unpaired) electrons. The van der Waals surface area contributed by atoms with E-state index in [1.807, 2.05) is 0 Å². The summed E-state index contributed by atoms with van der Waals surface area (Å²) in [6.07, 6.45) is 0. The zero-order valence-corrected chi connectivity index (χ0v) is 12.4. The van der Waals surface area contributed by atoms with E-state index in [1.54, 1.807) is 36.4 Å². The maximum Gasteiger partial charge on any atom is 0.323 e. The van der Waals surface area contributed by atoms with E-state index in [9.17, 15) is 4.79 Å². The fourth-order valence-electron chi connectivity index (χ4n) is 2.01. The Morgan fingerprint density at radius 3 is 2.50 bits per heavy atom. The molecule has 0 saturated carbocycles. The van der Waals surface area contributed by atoms with Crippen LogP contribution in [0, 0.1) is 0 Å². The van der Waals surface area contributed by atoms with Crippen LogP contribution < -0.4 is 24.8 Å². The average Bonchev–Trinajstić information content (AvgIpc) is 2.95. The van der Waals surface area contributed by atoms with Gasteiger partial charge in [-0.25, -0.2) is 4.79 Å². The number of carbonyl (C=O) groups excluding carboxylic acids is 1. The first kappa shape index (κ1) is 14.3. The smallest absolute Gasteiger partial charge is 0.323 e. The monoisotopic (exact) mass is 320 g/mol. The minimum Gasteiger partial charge on any atom is -0.495 e. The van der Waals surface area contributed by atoms with Gasteiger partial charge in [0, 0.05) is 17.4 Å². The molecule has 1 heterocycles. The van der Waals surface area contributed by atoms with Crippen LogP contribution in [0.25, 0.3) is 0 Å². The standard InChI is InChI=1S/C15H13ClN2O4/c1-20-12-4-2-9(6-11(12)16)17-15(19)18-10-3-5-13-14(7-10)22-8-21-13/h2-7H,8H2,1H3,(H2,17,18,19). The number of amides is 2. The number of hydrogen-bond acceptors (Lipinski definition) is 4. The first-order valence-corrected chi connectivity index (χ1v) is 6.85. The van der Waals surface area contributed by atoms with Crippen LogP contribution in [0.3, 0.4) is 0 Å². The van der Waals surface area contributed by atoms with Gasteiger partial charge >= 0.3 is 6.03 Å². The number of nitrogens with one attached hydrogen (secondary N) is 2. The van der Waals surface area contributed by atoms with Crippen molar-refractivity contribution in [3.8, 4) is 17.2 Å². The van der Waals surface area contributed by atoms with Crippen LogP contribution >= 0.6 is 11.6 Å².